The molecule has 0 saturated heterocycles. The van der Waals surface area contributed by atoms with Gasteiger partial charge in [0.05, 0.1) is 0 Å². The highest BCUT2D eigenvalue weighted by atomic mass is 16.4. The van der Waals surface area contributed by atoms with E-state index in [9.17, 15) is 15.0 Å². The van der Waals surface area contributed by atoms with Gasteiger partial charge in [0.2, 0.25) is 0 Å². The van der Waals surface area contributed by atoms with Crippen molar-refractivity contribution in [3.05, 3.63) is 41.6 Å². The van der Waals surface area contributed by atoms with Gasteiger partial charge in [-0.1, -0.05) is 41.5 Å². The molecule has 0 atom stereocenters. The smallest absolute Gasteiger partial charge is 0.325 e. The second-order valence-electron chi connectivity index (χ2n) is 9.19. The Labute approximate surface area is 164 Å². The molecule has 0 amide bonds. The first-order valence-electron chi connectivity index (χ1n) is 9.31. The van der Waals surface area contributed by atoms with Crippen molar-refractivity contribution in [1.29, 1.82) is 0 Å². The first-order valence-corrected chi connectivity index (χ1v) is 9.31. The highest BCUT2D eigenvalue weighted by molar-refractivity contribution is 5.92. The van der Waals surface area contributed by atoms with Crippen molar-refractivity contribution in [2.75, 3.05) is 0 Å². The number of aromatic nitrogens is 3. The standard InChI is InChI=1S/C22H27N3O3/c1-21(2,3)15-10-13(11-16(19(15)28)22(4,5)6)18-14-8-7-9-23-20(14)25(24-18)12-17(26)27/h7-11,28H,12H2,1-6H3,(H,26,27). The number of pyridine rings is 1. The Morgan fingerprint density at radius 3 is 2.14 bits per heavy atom. The Kier molecular flexibility index (Phi) is 4.69. The van der Waals surface area contributed by atoms with Gasteiger partial charge in [-0.3, -0.25) is 4.79 Å². The number of carboxylic acid groups (broad SMARTS) is 1. The first kappa shape index (κ1) is 19.9. The molecule has 148 valence electrons. The molecular weight excluding hydrogens is 354 g/mol. The van der Waals surface area contributed by atoms with Crippen molar-refractivity contribution in [2.24, 2.45) is 0 Å². The predicted molar refractivity (Wildman–Crippen MR) is 110 cm³/mol. The largest absolute Gasteiger partial charge is 0.507 e. The van der Waals surface area contributed by atoms with Crippen LogP contribution in [-0.2, 0) is 22.2 Å². The van der Waals surface area contributed by atoms with E-state index >= 15 is 0 Å². The van der Waals surface area contributed by atoms with Crippen LogP contribution in [0, 0.1) is 0 Å². The number of carboxylic acids is 1. The molecule has 6 nitrogen and oxygen atoms in total. The first-order chi connectivity index (χ1) is 12.9. The van der Waals surface area contributed by atoms with E-state index in [1.807, 2.05) is 24.3 Å². The number of nitrogens with zero attached hydrogens (tertiary/aromatic N) is 3. The summed E-state index contributed by atoms with van der Waals surface area (Å²) in [5, 5.41) is 25.5. The fourth-order valence-electron chi connectivity index (χ4n) is 3.38. The predicted octanol–water partition coefficient (Wildman–Crippen LogP) is 4.48. The van der Waals surface area contributed by atoms with Crippen LogP contribution in [0.2, 0.25) is 0 Å². The number of benzene rings is 1. The number of phenolic OH excluding ortho intramolecular Hbond substituents is 1. The molecule has 6 heteroatoms. The third kappa shape index (κ3) is 3.59. The van der Waals surface area contributed by atoms with Crippen molar-refractivity contribution in [2.45, 2.75) is 58.9 Å². The molecule has 2 aromatic heterocycles. The summed E-state index contributed by atoms with van der Waals surface area (Å²) in [5.41, 5.74) is 3.17. The summed E-state index contributed by atoms with van der Waals surface area (Å²) in [6.07, 6.45) is 1.63. The van der Waals surface area contributed by atoms with Crippen LogP contribution in [0.5, 0.6) is 5.75 Å². The van der Waals surface area contributed by atoms with E-state index in [1.165, 1.54) is 4.68 Å². The van der Waals surface area contributed by atoms with Crippen molar-refractivity contribution in [3.8, 4) is 17.0 Å². The highest BCUT2D eigenvalue weighted by Crippen LogP contribution is 2.42. The zero-order valence-corrected chi connectivity index (χ0v) is 17.2. The van der Waals surface area contributed by atoms with Gasteiger partial charge < -0.3 is 10.2 Å². The molecule has 0 fully saturated rings. The van der Waals surface area contributed by atoms with E-state index < -0.39 is 5.97 Å². The van der Waals surface area contributed by atoms with Crippen LogP contribution in [0.4, 0.5) is 0 Å². The summed E-state index contributed by atoms with van der Waals surface area (Å²) in [6, 6.07) is 7.60. The number of carbonyl (C=O) groups is 1. The van der Waals surface area contributed by atoms with Gasteiger partial charge in [0.25, 0.3) is 0 Å². The van der Waals surface area contributed by atoms with Crippen LogP contribution in [0.1, 0.15) is 52.7 Å². The maximum absolute atomic E-state index is 11.3. The molecule has 3 aromatic rings. The van der Waals surface area contributed by atoms with E-state index in [0.29, 0.717) is 17.1 Å². The lowest BCUT2D eigenvalue weighted by Gasteiger charge is -2.28. The van der Waals surface area contributed by atoms with Gasteiger partial charge >= 0.3 is 5.97 Å². The summed E-state index contributed by atoms with van der Waals surface area (Å²) in [5.74, 6) is -0.672. The minimum absolute atomic E-state index is 0.260. The quantitative estimate of drug-likeness (QED) is 0.698. The SMILES string of the molecule is CC(C)(C)c1cc(-c2nn(CC(=O)O)c3ncccc23)cc(C(C)(C)C)c1O. The minimum atomic E-state index is -0.974. The van der Waals surface area contributed by atoms with Crippen LogP contribution in [0.3, 0.4) is 0 Å². The molecule has 0 bridgehead atoms. The van der Waals surface area contributed by atoms with E-state index in [4.69, 9.17) is 0 Å². The van der Waals surface area contributed by atoms with E-state index in [1.54, 1.807) is 6.20 Å². The molecule has 28 heavy (non-hydrogen) atoms. The molecule has 0 aliphatic rings. The normalized spacial score (nSPS) is 12.5. The van der Waals surface area contributed by atoms with Crippen molar-refractivity contribution in [3.63, 3.8) is 0 Å². The Morgan fingerprint density at radius 1 is 1.07 bits per heavy atom. The Bertz CT molecular complexity index is 1020. The monoisotopic (exact) mass is 381 g/mol. The average Bonchev–Trinajstić information content (AvgIpc) is 2.91. The number of fused-ring (bicyclic) bond motifs is 1. The molecule has 1 aromatic carbocycles. The Balaban J connectivity index is 2.34. The molecule has 0 radical (unpaired) electrons. The number of rotatable bonds is 3. The molecule has 0 saturated carbocycles. The van der Waals surface area contributed by atoms with Crippen LogP contribution in [0.25, 0.3) is 22.3 Å². The summed E-state index contributed by atoms with van der Waals surface area (Å²) < 4.78 is 1.41. The molecule has 0 aliphatic heterocycles. The molecular formula is C22H27N3O3. The lowest BCUT2D eigenvalue weighted by Crippen LogP contribution is -2.17. The lowest BCUT2D eigenvalue weighted by molar-refractivity contribution is -0.137. The Hall–Kier alpha value is -2.89. The molecule has 3 rings (SSSR count). The second kappa shape index (κ2) is 6.62. The van der Waals surface area contributed by atoms with Gasteiger partial charge in [0.15, 0.2) is 5.65 Å². The number of phenols is 1. The van der Waals surface area contributed by atoms with Crippen LogP contribution in [-0.4, -0.2) is 30.9 Å². The van der Waals surface area contributed by atoms with Gasteiger partial charge in [-0.2, -0.15) is 5.10 Å². The van der Waals surface area contributed by atoms with Crippen LogP contribution in [0.15, 0.2) is 30.5 Å². The number of aliphatic carboxylic acids is 1. The molecule has 2 N–H and O–H groups in total. The fraction of sp³-hybridized carbons (Fsp3) is 0.409. The molecule has 0 aliphatic carbocycles. The minimum Gasteiger partial charge on any atom is -0.507 e. The number of aromatic hydroxyl groups is 1. The zero-order valence-electron chi connectivity index (χ0n) is 17.2. The molecule has 0 spiro atoms. The summed E-state index contributed by atoms with van der Waals surface area (Å²) in [7, 11) is 0. The van der Waals surface area contributed by atoms with Crippen LogP contribution < -0.4 is 0 Å². The maximum atomic E-state index is 11.3. The van der Waals surface area contributed by atoms with E-state index in [0.717, 1.165) is 22.1 Å². The van der Waals surface area contributed by atoms with E-state index in [-0.39, 0.29) is 17.4 Å². The fourth-order valence-corrected chi connectivity index (χ4v) is 3.38. The van der Waals surface area contributed by atoms with Crippen molar-refractivity contribution < 1.29 is 15.0 Å². The van der Waals surface area contributed by atoms with Gasteiger partial charge in [-0.25, -0.2) is 9.67 Å². The topological polar surface area (TPSA) is 88.2 Å². The van der Waals surface area contributed by atoms with Gasteiger partial charge in [0, 0.05) is 28.3 Å². The third-order valence-electron chi connectivity index (χ3n) is 4.79. The van der Waals surface area contributed by atoms with Crippen molar-refractivity contribution in [1.82, 2.24) is 14.8 Å². The number of hydrogen-bond acceptors (Lipinski definition) is 4. The van der Waals surface area contributed by atoms with Gasteiger partial charge in [-0.05, 0) is 35.1 Å². The summed E-state index contributed by atoms with van der Waals surface area (Å²) in [4.78, 5) is 15.6. The molecule has 2 heterocycles. The lowest BCUT2D eigenvalue weighted by atomic mass is 9.78. The van der Waals surface area contributed by atoms with Crippen molar-refractivity contribution >= 4 is 17.0 Å². The van der Waals surface area contributed by atoms with Gasteiger partial charge in [0.1, 0.15) is 18.0 Å². The van der Waals surface area contributed by atoms with E-state index in [2.05, 4.69) is 51.6 Å². The molecule has 0 unspecified atom stereocenters. The summed E-state index contributed by atoms with van der Waals surface area (Å²) >= 11 is 0. The Morgan fingerprint density at radius 2 is 1.64 bits per heavy atom. The maximum Gasteiger partial charge on any atom is 0.325 e. The zero-order chi connectivity index (χ0) is 20.9. The summed E-state index contributed by atoms with van der Waals surface area (Å²) in [6.45, 7) is 12.1. The second-order valence-corrected chi connectivity index (χ2v) is 9.19. The van der Waals surface area contributed by atoms with Gasteiger partial charge in [-0.15, -0.1) is 0 Å². The highest BCUT2D eigenvalue weighted by Gasteiger charge is 2.28. The van der Waals surface area contributed by atoms with Crippen LogP contribution >= 0.6 is 0 Å². The average molecular weight is 381 g/mol. The third-order valence-corrected chi connectivity index (χ3v) is 4.79. The number of hydrogen-bond donors (Lipinski definition) is 2.